The van der Waals surface area contributed by atoms with Crippen LogP contribution in [0.3, 0.4) is 0 Å². The van der Waals surface area contributed by atoms with Crippen molar-refractivity contribution in [1.82, 2.24) is 9.97 Å². The second-order valence-electron chi connectivity index (χ2n) is 6.12. The largest absolute Gasteiger partial charge is 0.548 e. The van der Waals surface area contributed by atoms with Gasteiger partial charge in [0.1, 0.15) is 16.9 Å². The maximum atomic E-state index is 11.6. The van der Waals surface area contributed by atoms with E-state index in [4.69, 9.17) is 4.42 Å². The van der Waals surface area contributed by atoms with Gasteiger partial charge in [-0.15, -0.1) is 0 Å². The molecule has 1 atom stereocenters. The molecule has 1 saturated heterocycles. The van der Waals surface area contributed by atoms with Gasteiger partial charge in [-0.2, -0.15) is 0 Å². The number of benzene rings is 1. The maximum Gasteiger partial charge on any atom is 0.196 e. The van der Waals surface area contributed by atoms with Crippen LogP contribution in [0.2, 0.25) is 0 Å². The summed E-state index contributed by atoms with van der Waals surface area (Å²) < 4.78 is 5.98. The maximum absolute atomic E-state index is 11.6. The van der Waals surface area contributed by atoms with Gasteiger partial charge in [0, 0.05) is 18.4 Å². The van der Waals surface area contributed by atoms with Crippen LogP contribution in [0.25, 0.3) is 22.1 Å². The monoisotopic (exact) mass is 324 g/mol. The standard InChI is InChI=1S/C18H19N3O3/c1-2-14-19-15-11-7-3-4-9-13(11)24-16(15)17(20-14)21-10-6-5-8-12(21)18(22)23/h3-4,7,9,12H,2,5-6,8,10H2,1H3,(H,22,23)/p-1/t12-/m0/s1. The number of anilines is 1. The van der Waals surface area contributed by atoms with Crippen molar-refractivity contribution in [2.45, 2.75) is 38.6 Å². The van der Waals surface area contributed by atoms with E-state index >= 15 is 0 Å². The van der Waals surface area contributed by atoms with Gasteiger partial charge in [-0.05, 0) is 31.4 Å². The van der Waals surface area contributed by atoms with Crippen molar-refractivity contribution >= 4 is 33.9 Å². The van der Waals surface area contributed by atoms with E-state index in [1.807, 2.05) is 36.1 Å². The molecule has 24 heavy (non-hydrogen) atoms. The number of aromatic nitrogens is 2. The summed E-state index contributed by atoms with van der Waals surface area (Å²) in [5.74, 6) is 0.198. The number of aliphatic carboxylic acids is 1. The number of nitrogens with zero attached hydrogens (tertiary/aromatic N) is 3. The van der Waals surface area contributed by atoms with Crippen molar-refractivity contribution < 1.29 is 14.3 Å². The molecule has 0 radical (unpaired) electrons. The molecule has 6 heteroatoms. The summed E-state index contributed by atoms with van der Waals surface area (Å²) >= 11 is 0. The molecule has 6 nitrogen and oxygen atoms in total. The summed E-state index contributed by atoms with van der Waals surface area (Å²) in [5.41, 5.74) is 2.04. The lowest BCUT2D eigenvalue weighted by molar-refractivity contribution is -0.307. The van der Waals surface area contributed by atoms with E-state index in [0.717, 1.165) is 29.3 Å². The number of hydrogen-bond acceptors (Lipinski definition) is 6. The summed E-state index contributed by atoms with van der Waals surface area (Å²) in [5, 5.41) is 12.5. The lowest BCUT2D eigenvalue weighted by Crippen LogP contribution is -2.51. The lowest BCUT2D eigenvalue weighted by Gasteiger charge is -2.37. The number of para-hydroxylation sites is 1. The first-order valence-corrected chi connectivity index (χ1v) is 8.34. The van der Waals surface area contributed by atoms with Gasteiger partial charge < -0.3 is 19.2 Å². The quantitative estimate of drug-likeness (QED) is 0.733. The molecule has 1 aliphatic rings. The normalized spacial score (nSPS) is 18.4. The van der Waals surface area contributed by atoms with E-state index in [1.54, 1.807) is 0 Å². The van der Waals surface area contributed by atoms with Gasteiger partial charge in [0.15, 0.2) is 11.4 Å². The van der Waals surface area contributed by atoms with E-state index in [0.29, 0.717) is 36.6 Å². The van der Waals surface area contributed by atoms with Crippen LogP contribution in [0, 0.1) is 0 Å². The van der Waals surface area contributed by atoms with Crippen LogP contribution in [0.1, 0.15) is 32.0 Å². The third kappa shape index (κ3) is 2.29. The Morgan fingerprint density at radius 3 is 2.96 bits per heavy atom. The van der Waals surface area contributed by atoms with Crippen LogP contribution in [0.5, 0.6) is 0 Å². The van der Waals surface area contributed by atoms with Gasteiger partial charge >= 0.3 is 0 Å². The molecule has 3 heterocycles. The van der Waals surface area contributed by atoms with Crippen LogP contribution in [0.4, 0.5) is 5.82 Å². The first kappa shape index (κ1) is 14.9. The fraction of sp³-hybridized carbons (Fsp3) is 0.389. The smallest absolute Gasteiger partial charge is 0.196 e. The SMILES string of the molecule is CCc1nc(N2CCCC[C@H]2C(=O)[O-])c2oc3ccccc3c2n1. The number of furan rings is 1. The number of piperidine rings is 1. The van der Waals surface area contributed by atoms with E-state index in [2.05, 4.69) is 9.97 Å². The highest BCUT2D eigenvalue weighted by Crippen LogP contribution is 2.35. The Balaban J connectivity index is 1.97. The Kier molecular flexibility index (Phi) is 3.59. The third-order valence-corrected chi connectivity index (χ3v) is 4.61. The van der Waals surface area contributed by atoms with E-state index < -0.39 is 12.0 Å². The molecule has 0 N–H and O–H groups in total. The second kappa shape index (κ2) is 5.78. The van der Waals surface area contributed by atoms with Gasteiger partial charge in [0.2, 0.25) is 0 Å². The van der Waals surface area contributed by atoms with Gasteiger partial charge in [0.05, 0.1) is 12.0 Å². The molecule has 0 spiro atoms. The number of fused-ring (bicyclic) bond motifs is 3. The predicted octanol–water partition coefficient (Wildman–Crippen LogP) is 2.05. The Bertz CT molecular complexity index is 918. The molecular formula is C18H18N3O3-. The number of carboxylic acid groups (broad SMARTS) is 1. The van der Waals surface area contributed by atoms with E-state index in [9.17, 15) is 9.90 Å². The van der Waals surface area contributed by atoms with Gasteiger partial charge in [-0.3, -0.25) is 0 Å². The van der Waals surface area contributed by atoms with Crippen LogP contribution < -0.4 is 10.0 Å². The van der Waals surface area contributed by atoms with Crippen molar-refractivity contribution in [1.29, 1.82) is 0 Å². The minimum absolute atomic E-state index is 0.557. The fourth-order valence-electron chi connectivity index (χ4n) is 3.40. The molecule has 0 amide bonds. The highest BCUT2D eigenvalue weighted by atomic mass is 16.4. The predicted molar refractivity (Wildman–Crippen MR) is 88.7 cm³/mol. The Morgan fingerprint density at radius 1 is 1.33 bits per heavy atom. The minimum Gasteiger partial charge on any atom is -0.548 e. The van der Waals surface area contributed by atoms with Gasteiger partial charge in [0.25, 0.3) is 0 Å². The summed E-state index contributed by atoms with van der Waals surface area (Å²) in [7, 11) is 0. The topological polar surface area (TPSA) is 82.3 Å². The van der Waals surface area contributed by atoms with Crippen molar-refractivity contribution in [3.05, 3.63) is 30.1 Å². The van der Waals surface area contributed by atoms with Crippen LogP contribution >= 0.6 is 0 Å². The van der Waals surface area contributed by atoms with Crippen LogP contribution in [-0.2, 0) is 11.2 Å². The average molecular weight is 324 g/mol. The number of hydrogen-bond donors (Lipinski definition) is 0. The number of carbonyl (C=O) groups is 1. The van der Waals surface area contributed by atoms with Gasteiger partial charge in [-0.25, -0.2) is 9.97 Å². The molecule has 3 aromatic rings. The molecular weight excluding hydrogens is 306 g/mol. The summed E-state index contributed by atoms with van der Waals surface area (Å²) in [4.78, 5) is 22.6. The molecule has 0 unspecified atom stereocenters. The molecule has 0 bridgehead atoms. The summed E-state index contributed by atoms with van der Waals surface area (Å²) in [6.07, 6.45) is 3.04. The first-order chi connectivity index (χ1) is 11.7. The van der Waals surface area contributed by atoms with Crippen LogP contribution in [0.15, 0.2) is 28.7 Å². The average Bonchev–Trinajstić information content (AvgIpc) is 2.99. The molecule has 1 fully saturated rings. The lowest BCUT2D eigenvalue weighted by atomic mass is 10.0. The molecule has 4 rings (SSSR count). The number of rotatable bonds is 3. The van der Waals surface area contributed by atoms with Crippen molar-refractivity contribution in [2.75, 3.05) is 11.4 Å². The van der Waals surface area contributed by atoms with Crippen molar-refractivity contribution in [3.8, 4) is 0 Å². The zero-order valence-corrected chi connectivity index (χ0v) is 13.5. The molecule has 0 saturated carbocycles. The Labute approximate surface area is 139 Å². The number of carboxylic acids is 1. The van der Waals surface area contributed by atoms with E-state index in [-0.39, 0.29) is 0 Å². The summed E-state index contributed by atoms with van der Waals surface area (Å²) in [6, 6.07) is 7.02. The molecule has 0 aliphatic carbocycles. The molecule has 2 aromatic heterocycles. The summed E-state index contributed by atoms with van der Waals surface area (Å²) in [6.45, 7) is 2.62. The van der Waals surface area contributed by atoms with Crippen LogP contribution in [-0.4, -0.2) is 28.5 Å². The minimum atomic E-state index is -1.06. The highest BCUT2D eigenvalue weighted by molar-refractivity contribution is 6.06. The Hall–Kier alpha value is -2.63. The number of carbonyl (C=O) groups excluding carboxylic acids is 1. The molecule has 1 aliphatic heterocycles. The zero-order chi connectivity index (χ0) is 16.7. The first-order valence-electron chi connectivity index (χ1n) is 8.34. The molecule has 124 valence electrons. The van der Waals surface area contributed by atoms with Crippen molar-refractivity contribution in [3.63, 3.8) is 0 Å². The third-order valence-electron chi connectivity index (χ3n) is 4.61. The van der Waals surface area contributed by atoms with Gasteiger partial charge in [-0.1, -0.05) is 19.1 Å². The number of aryl methyl sites for hydroxylation is 1. The second-order valence-corrected chi connectivity index (χ2v) is 6.12. The van der Waals surface area contributed by atoms with E-state index in [1.165, 1.54) is 0 Å². The zero-order valence-electron chi connectivity index (χ0n) is 13.5. The Morgan fingerprint density at radius 2 is 2.17 bits per heavy atom. The van der Waals surface area contributed by atoms with Crippen molar-refractivity contribution in [2.24, 2.45) is 0 Å². The fourth-order valence-corrected chi connectivity index (χ4v) is 3.40. The molecule has 1 aromatic carbocycles. The highest BCUT2D eigenvalue weighted by Gasteiger charge is 2.28.